The zero-order chi connectivity index (χ0) is 9.78. The van der Waals surface area contributed by atoms with Crippen molar-refractivity contribution in [3.63, 3.8) is 0 Å². The molecule has 4 heteroatoms. The standard InChI is InChI=1S/C9H18N2O2/c12-10-8-6-4-2-1-3-5-7-9-11-13/h8-9,12-13H,1-7H2. The largest absolute Gasteiger partial charge is 0.411 e. The molecule has 0 amide bonds. The van der Waals surface area contributed by atoms with Crippen LogP contribution >= 0.6 is 0 Å². The van der Waals surface area contributed by atoms with Crippen LogP contribution in [0.5, 0.6) is 0 Å². The van der Waals surface area contributed by atoms with E-state index in [0.717, 1.165) is 25.7 Å². The van der Waals surface area contributed by atoms with Gasteiger partial charge in [0.15, 0.2) is 0 Å². The highest BCUT2D eigenvalue weighted by atomic mass is 16.4. The van der Waals surface area contributed by atoms with E-state index >= 15 is 0 Å². The fourth-order valence-corrected chi connectivity index (χ4v) is 1.12. The lowest BCUT2D eigenvalue weighted by Gasteiger charge is -1.96. The maximum Gasteiger partial charge on any atom is 0.0435 e. The second kappa shape index (κ2) is 10.9. The average Bonchev–Trinajstić information content (AvgIpc) is 2.16. The van der Waals surface area contributed by atoms with E-state index < -0.39 is 0 Å². The van der Waals surface area contributed by atoms with E-state index in [-0.39, 0.29) is 0 Å². The highest BCUT2D eigenvalue weighted by Gasteiger charge is 1.89. The highest BCUT2D eigenvalue weighted by Crippen LogP contribution is 2.05. The minimum Gasteiger partial charge on any atom is -0.411 e. The molecule has 0 rings (SSSR count). The summed E-state index contributed by atoms with van der Waals surface area (Å²) >= 11 is 0. The minimum absolute atomic E-state index is 0.856. The number of hydrogen-bond donors (Lipinski definition) is 2. The van der Waals surface area contributed by atoms with E-state index in [1.165, 1.54) is 31.7 Å². The van der Waals surface area contributed by atoms with Crippen LogP contribution in [0.15, 0.2) is 10.3 Å². The molecule has 0 heterocycles. The van der Waals surface area contributed by atoms with Crippen LogP contribution in [0, 0.1) is 0 Å². The number of oxime groups is 2. The summed E-state index contributed by atoms with van der Waals surface area (Å²) in [4.78, 5) is 0. The zero-order valence-corrected chi connectivity index (χ0v) is 7.89. The molecule has 0 aromatic rings. The van der Waals surface area contributed by atoms with Crippen LogP contribution in [0.4, 0.5) is 0 Å². The van der Waals surface area contributed by atoms with Gasteiger partial charge in [-0.2, -0.15) is 0 Å². The molecule has 13 heavy (non-hydrogen) atoms. The summed E-state index contributed by atoms with van der Waals surface area (Å²) < 4.78 is 0. The van der Waals surface area contributed by atoms with Crippen molar-refractivity contribution in [2.45, 2.75) is 44.9 Å². The molecule has 0 aliphatic rings. The molecule has 0 radical (unpaired) electrons. The van der Waals surface area contributed by atoms with Gasteiger partial charge in [0.2, 0.25) is 0 Å². The SMILES string of the molecule is ON=CCCCCCCCC=NO. The first kappa shape index (κ1) is 11.9. The van der Waals surface area contributed by atoms with Crippen molar-refractivity contribution < 1.29 is 10.4 Å². The Balaban J connectivity index is 2.91. The lowest BCUT2D eigenvalue weighted by molar-refractivity contribution is 0.320. The predicted octanol–water partition coefficient (Wildman–Crippen LogP) is 2.64. The molecule has 0 spiro atoms. The Morgan fingerprint density at radius 2 is 1.08 bits per heavy atom. The number of rotatable bonds is 8. The molecule has 0 aliphatic carbocycles. The van der Waals surface area contributed by atoms with Gasteiger partial charge in [-0.25, -0.2) is 0 Å². The van der Waals surface area contributed by atoms with Gasteiger partial charge < -0.3 is 10.4 Å². The lowest BCUT2D eigenvalue weighted by Crippen LogP contribution is -1.82. The Labute approximate surface area is 78.9 Å². The normalized spacial score (nSPS) is 11.7. The highest BCUT2D eigenvalue weighted by molar-refractivity contribution is 5.56. The lowest BCUT2D eigenvalue weighted by atomic mass is 10.1. The van der Waals surface area contributed by atoms with Gasteiger partial charge in [0.05, 0.1) is 0 Å². The molecule has 4 nitrogen and oxygen atoms in total. The van der Waals surface area contributed by atoms with Gasteiger partial charge in [-0.15, -0.1) is 10.3 Å². The summed E-state index contributed by atoms with van der Waals surface area (Å²) in [5, 5.41) is 22.0. The van der Waals surface area contributed by atoms with Crippen molar-refractivity contribution in [3.8, 4) is 0 Å². The first-order chi connectivity index (χ1) is 6.41. The van der Waals surface area contributed by atoms with Crippen molar-refractivity contribution in [2.75, 3.05) is 0 Å². The summed E-state index contributed by atoms with van der Waals surface area (Å²) in [5.74, 6) is 0. The van der Waals surface area contributed by atoms with Crippen LogP contribution in [0.2, 0.25) is 0 Å². The van der Waals surface area contributed by atoms with Crippen LogP contribution in [0.1, 0.15) is 44.9 Å². The number of nitrogens with zero attached hydrogens (tertiary/aromatic N) is 2. The van der Waals surface area contributed by atoms with Gasteiger partial charge in [-0.1, -0.05) is 19.3 Å². The van der Waals surface area contributed by atoms with Gasteiger partial charge in [0.1, 0.15) is 0 Å². The first-order valence-electron chi connectivity index (χ1n) is 4.73. The van der Waals surface area contributed by atoms with Crippen LogP contribution in [-0.2, 0) is 0 Å². The molecule has 0 bridgehead atoms. The summed E-state index contributed by atoms with van der Waals surface area (Å²) in [6.07, 6.45) is 10.5. The molecule has 0 saturated heterocycles. The maximum absolute atomic E-state index is 8.10. The minimum atomic E-state index is 0.856. The molecule has 0 atom stereocenters. The Morgan fingerprint density at radius 3 is 1.46 bits per heavy atom. The quantitative estimate of drug-likeness (QED) is 0.265. The van der Waals surface area contributed by atoms with E-state index in [2.05, 4.69) is 10.3 Å². The van der Waals surface area contributed by atoms with Crippen LogP contribution < -0.4 is 0 Å². The first-order valence-corrected chi connectivity index (χ1v) is 4.73. The van der Waals surface area contributed by atoms with E-state index in [9.17, 15) is 0 Å². The van der Waals surface area contributed by atoms with Crippen molar-refractivity contribution in [3.05, 3.63) is 0 Å². The molecule has 0 aliphatic heterocycles. The van der Waals surface area contributed by atoms with Gasteiger partial charge >= 0.3 is 0 Å². The molecule has 0 fully saturated rings. The molecule has 76 valence electrons. The Kier molecular flexibility index (Phi) is 10.0. The summed E-state index contributed by atoms with van der Waals surface area (Å²) in [5.41, 5.74) is 0. The van der Waals surface area contributed by atoms with Gasteiger partial charge in [0, 0.05) is 12.4 Å². The van der Waals surface area contributed by atoms with Crippen molar-refractivity contribution in [2.24, 2.45) is 10.3 Å². The van der Waals surface area contributed by atoms with E-state index in [0.29, 0.717) is 0 Å². The van der Waals surface area contributed by atoms with E-state index in [1.807, 2.05) is 0 Å². The molecular weight excluding hydrogens is 168 g/mol. The molecule has 0 aromatic carbocycles. The van der Waals surface area contributed by atoms with Crippen LogP contribution in [-0.4, -0.2) is 22.8 Å². The Bertz CT molecular complexity index is 131. The maximum atomic E-state index is 8.10. The summed E-state index contributed by atoms with van der Waals surface area (Å²) in [6, 6.07) is 0. The monoisotopic (exact) mass is 186 g/mol. The Hall–Kier alpha value is -1.06. The molecule has 2 N–H and O–H groups in total. The second-order valence-corrected chi connectivity index (χ2v) is 2.94. The Morgan fingerprint density at radius 1 is 0.692 bits per heavy atom. The topological polar surface area (TPSA) is 65.2 Å². The van der Waals surface area contributed by atoms with Gasteiger partial charge in [-0.05, 0) is 25.7 Å². The molecule has 0 unspecified atom stereocenters. The fourth-order valence-electron chi connectivity index (χ4n) is 1.12. The molecule has 0 saturated carbocycles. The van der Waals surface area contributed by atoms with E-state index in [4.69, 9.17) is 10.4 Å². The fraction of sp³-hybridized carbons (Fsp3) is 0.778. The smallest absolute Gasteiger partial charge is 0.0435 e. The van der Waals surface area contributed by atoms with E-state index in [1.54, 1.807) is 0 Å². The predicted molar refractivity (Wildman–Crippen MR) is 52.9 cm³/mol. The average molecular weight is 186 g/mol. The summed E-state index contributed by atoms with van der Waals surface area (Å²) in [7, 11) is 0. The molecular formula is C9H18N2O2. The van der Waals surface area contributed by atoms with Crippen molar-refractivity contribution in [1.82, 2.24) is 0 Å². The van der Waals surface area contributed by atoms with Crippen LogP contribution in [0.25, 0.3) is 0 Å². The third kappa shape index (κ3) is 10.9. The molecule has 0 aromatic heterocycles. The van der Waals surface area contributed by atoms with Crippen LogP contribution in [0.3, 0.4) is 0 Å². The third-order valence-corrected chi connectivity index (χ3v) is 1.83. The van der Waals surface area contributed by atoms with Gasteiger partial charge in [0.25, 0.3) is 0 Å². The number of hydrogen-bond acceptors (Lipinski definition) is 4. The summed E-state index contributed by atoms with van der Waals surface area (Å²) in [6.45, 7) is 0. The van der Waals surface area contributed by atoms with Crippen molar-refractivity contribution >= 4 is 12.4 Å². The van der Waals surface area contributed by atoms with Crippen molar-refractivity contribution in [1.29, 1.82) is 0 Å². The third-order valence-electron chi connectivity index (χ3n) is 1.83. The number of unbranched alkanes of at least 4 members (excludes halogenated alkanes) is 6. The van der Waals surface area contributed by atoms with Gasteiger partial charge in [-0.3, -0.25) is 0 Å². The zero-order valence-electron chi connectivity index (χ0n) is 7.89. The second-order valence-electron chi connectivity index (χ2n) is 2.94.